The van der Waals surface area contributed by atoms with Crippen LogP contribution in [0.2, 0.25) is 0 Å². The molecule has 162 valence electrons. The van der Waals surface area contributed by atoms with Crippen molar-refractivity contribution in [2.24, 2.45) is 0 Å². The average Bonchev–Trinajstić information content (AvgIpc) is 3.04. The molecular weight excluding hydrogens is 411 g/mol. The zero-order valence-corrected chi connectivity index (χ0v) is 16.3. The summed E-state index contributed by atoms with van der Waals surface area (Å²) in [5.74, 6) is -0.722. The Labute approximate surface area is 176 Å². The molecule has 1 aliphatic rings. The van der Waals surface area contributed by atoms with Crippen molar-refractivity contribution in [2.75, 3.05) is 0 Å². The molecule has 1 fully saturated rings. The van der Waals surface area contributed by atoms with Crippen molar-refractivity contribution in [2.45, 2.75) is 37.5 Å². The summed E-state index contributed by atoms with van der Waals surface area (Å²) < 4.78 is 41.8. The number of rotatable bonds is 4. The summed E-state index contributed by atoms with van der Waals surface area (Å²) in [4.78, 5) is 12.9. The van der Waals surface area contributed by atoms with Gasteiger partial charge >= 0.3 is 6.36 Å². The van der Waals surface area contributed by atoms with Gasteiger partial charge in [0.05, 0.1) is 12.1 Å². The lowest BCUT2D eigenvalue weighted by atomic mass is 9.95. The number of hydrogen-bond acceptors (Lipinski definition) is 4. The molecule has 0 unspecified atom stereocenters. The highest BCUT2D eigenvalue weighted by Gasteiger charge is 2.34. The van der Waals surface area contributed by atoms with Gasteiger partial charge in [-0.1, -0.05) is 42.5 Å². The van der Waals surface area contributed by atoms with Crippen LogP contribution in [0.15, 0.2) is 60.7 Å². The van der Waals surface area contributed by atoms with Crippen molar-refractivity contribution >= 4 is 16.7 Å². The summed E-state index contributed by atoms with van der Waals surface area (Å²) >= 11 is 0. The van der Waals surface area contributed by atoms with Crippen LogP contribution >= 0.6 is 0 Å². The van der Waals surface area contributed by atoms with Gasteiger partial charge in [0, 0.05) is 5.56 Å². The molecular formula is C23H20F3NO4. The van der Waals surface area contributed by atoms with Crippen molar-refractivity contribution in [1.29, 1.82) is 0 Å². The maximum atomic E-state index is 12.9. The second kappa shape index (κ2) is 8.20. The molecule has 0 aromatic heterocycles. The summed E-state index contributed by atoms with van der Waals surface area (Å²) in [5, 5.41) is 23.8. The van der Waals surface area contributed by atoms with Crippen LogP contribution in [-0.2, 0) is 0 Å². The average molecular weight is 431 g/mol. The number of alkyl halides is 3. The van der Waals surface area contributed by atoms with E-state index in [2.05, 4.69) is 10.1 Å². The van der Waals surface area contributed by atoms with Gasteiger partial charge in [-0.3, -0.25) is 4.79 Å². The first kappa shape index (κ1) is 21.1. The second-order valence-electron chi connectivity index (χ2n) is 7.50. The third kappa shape index (κ3) is 4.50. The maximum absolute atomic E-state index is 12.9. The summed E-state index contributed by atoms with van der Waals surface area (Å²) in [6, 6.07) is 15.5. The van der Waals surface area contributed by atoms with Gasteiger partial charge in [-0.2, -0.15) is 0 Å². The van der Waals surface area contributed by atoms with E-state index in [4.69, 9.17) is 0 Å². The van der Waals surface area contributed by atoms with E-state index < -0.39 is 30.5 Å². The Kier molecular flexibility index (Phi) is 5.60. The van der Waals surface area contributed by atoms with Crippen molar-refractivity contribution in [1.82, 2.24) is 5.32 Å². The van der Waals surface area contributed by atoms with Gasteiger partial charge in [0.2, 0.25) is 0 Å². The van der Waals surface area contributed by atoms with E-state index in [1.165, 1.54) is 18.2 Å². The van der Waals surface area contributed by atoms with Crippen LogP contribution in [0.5, 0.6) is 5.75 Å². The number of aliphatic hydroxyl groups is 2. The zero-order valence-electron chi connectivity index (χ0n) is 16.3. The lowest BCUT2D eigenvalue weighted by Crippen LogP contribution is -2.42. The third-order valence-electron chi connectivity index (χ3n) is 5.44. The largest absolute Gasteiger partial charge is 0.573 e. The monoisotopic (exact) mass is 431 g/mol. The normalized spacial score (nSPS) is 21.3. The van der Waals surface area contributed by atoms with Crippen LogP contribution in [0.25, 0.3) is 21.9 Å². The Morgan fingerprint density at radius 1 is 0.968 bits per heavy atom. The molecule has 0 aliphatic heterocycles. The number of fused-ring (bicyclic) bond motifs is 1. The third-order valence-corrected chi connectivity index (χ3v) is 5.44. The summed E-state index contributed by atoms with van der Waals surface area (Å²) in [6.45, 7) is 0. The molecule has 5 nitrogen and oxygen atoms in total. The first-order valence-corrected chi connectivity index (χ1v) is 9.78. The molecule has 0 spiro atoms. The predicted molar refractivity (Wildman–Crippen MR) is 109 cm³/mol. The maximum Gasteiger partial charge on any atom is 0.573 e. The van der Waals surface area contributed by atoms with Gasteiger partial charge in [-0.15, -0.1) is 13.2 Å². The topological polar surface area (TPSA) is 78.8 Å². The number of carbonyl (C=O) groups is 1. The van der Waals surface area contributed by atoms with Crippen LogP contribution in [0.4, 0.5) is 13.2 Å². The summed E-state index contributed by atoms with van der Waals surface area (Å²) in [6.07, 6.45) is -5.80. The van der Waals surface area contributed by atoms with E-state index in [0.29, 0.717) is 40.3 Å². The highest BCUT2D eigenvalue weighted by Crippen LogP contribution is 2.33. The Morgan fingerprint density at radius 3 is 2.39 bits per heavy atom. The van der Waals surface area contributed by atoms with Gasteiger partial charge < -0.3 is 20.3 Å². The molecule has 1 aliphatic carbocycles. The van der Waals surface area contributed by atoms with Gasteiger partial charge in [0.25, 0.3) is 5.91 Å². The molecule has 3 atom stereocenters. The summed E-state index contributed by atoms with van der Waals surface area (Å²) in [5.41, 5.74) is 1.53. The molecule has 3 N–H and O–H groups in total. The summed E-state index contributed by atoms with van der Waals surface area (Å²) in [7, 11) is 0. The highest BCUT2D eigenvalue weighted by atomic mass is 19.4. The molecule has 1 amide bonds. The lowest BCUT2D eigenvalue weighted by molar-refractivity contribution is -0.274. The Balaban J connectivity index is 1.69. The second-order valence-corrected chi connectivity index (χ2v) is 7.50. The molecule has 1 saturated carbocycles. The van der Waals surface area contributed by atoms with E-state index in [1.807, 2.05) is 0 Å². The molecule has 31 heavy (non-hydrogen) atoms. The van der Waals surface area contributed by atoms with Gasteiger partial charge in [-0.25, -0.2) is 0 Å². The van der Waals surface area contributed by atoms with E-state index in [-0.39, 0.29) is 5.75 Å². The first-order chi connectivity index (χ1) is 14.7. The van der Waals surface area contributed by atoms with Crippen LogP contribution < -0.4 is 10.1 Å². The van der Waals surface area contributed by atoms with Gasteiger partial charge in [0.1, 0.15) is 11.9 Å². The smallest absolute Gasteiger partial charge is 0.406 e. The molecule has 0 radical (unpaired) electrons. The number of carbonyl (C=O) groups excluding carboxylic acids is 1. The highest BCUT2D eigenvalue weighted by molar-refractivity contribution is 6.10. The zero-order chi connectivity index (χ0) is 22.2. The molecule has 4 rings (SSSR count). The standard InChI is InChI=1S/C23H20F3NO4/c24-23(25,26)31-14-5-1-4-13(12-14)15-6-2-8-17-16(15)7-3-9-18(17)22(30)27-19-10-11-20(28)21(19)29/h1-9,12,19-21,28-29H,10-11H2,(H,27,30)/t19-,20-,21+/m1/s1. The number of hydrogen-bond donors (Lipinski definition) is 3. The number of aliphatic hydroxyl groups excluding tert-OH is 2. The number of halogens is 3. The quantitative estimate of drug-likeness (QED) is 0.583. The fourth-order valence-corrected chi connectivity index (χ4v) is 3.98. The fraction of sp³-hybridized carbons (Fsp3) is 0.261. The Bertz CT molecular complexity index is 1120. The lowest BCUT2D eigenvalue weighted by Gasteiger charge is -2.19. The minimum Gasteiger partial charge on any atom is -0.406 e. The first-order valence-electron chi connectivity index (χ1n) is 9.78. The number of ether oxygens (including phenoxy) is 1. The SMILES string of the molecule is O=C(N[C@@H]1CC[C@@H](O)[C@H]1O)c1cccc2c(-c3cccc(OC(F)(F)F)c3)cccc12. The number of amides is 1. The van der Waals surface area contributed by atoms with Crippen LogP contribution in [0.1, 0.15) is 23.2 Å². The van der Waals surface area contributed by atoms with Crippen molar-refractivity contribution in [3.8, 4) is 16.9 Å². The Hall–Kier alpha value is -3.10. The minimum atomic E-state index is -4.79. The van der Waals surface area contributed by atoms with Crippen LogP contribution in [0, 0.1) is 0 Å². The molecule has 3 aromatic rings. The number of nitrogens with one attached hydrogen (secondary N) is 1. The molecule has 8 heteroatoms. The molecule has 0 heterocycles. The van der Waals surface area contributed by atoms with Crippen molar-refractivity contribution in [3.05, 3.63) is 66.2 Å². The molecule has 0 bridgehead atoms. The number of benzene rings is 3. The Morgan fingerprint density at radius 2 is 1.68 bits per heavy atom. The van der Waals surface area contributed by atoms with Crippen molar-refractivity contribution in [3.63, 3.8) is 0 Å². The van der Waals surface area contributed by atoms with Gasteiger partial charge in [0.15, 0.2) is 0 Å². The fourth-order valence-electron chi connectivity index (χ4n) is 3.98. The van der Waals surface area contributed by atoms with Crippen molar-refractivity contribution < 1.29 is 32.9 Å². The van der Waals surface area contributed by atoms with E-state index in [1.54, 1.807) is 42.5 Å². The van der Waals surface area contributed by atoms with E-state index in [0.717, 1.165) is 0 Å². The van der Waals surface area contributed by atoms with Gasteiger partial charge in [-0.05, 0) is 52.9 Å². The van der Waals surface area contributed by atoms with Crippen LogP contribution in [0.3, 0.4) is 0 Å². The van der Waals surface area contributed by atoms with Crippen LogP contribution in [-0.4, -0.2) is 40.7 Å². The van der Waals surface area contributed by atoms with E-state index in [9.17, 15) is 28.2 Å². The predicted octanol–water partition coefficient (Wildman–Crippen LogP) is 4.02. The minimum absolute atomic E-state index is 0.329. The van der Waals surface area contributed by atoms with E-state index >= 15 is 0 Å². The molecule has 0 saturated heterocycles. The molecule has 3 aromatic carbocycles.